The van der Waals surface area contributed by atoms with Crippen LogP contribution in [-0.4, -0.2) is 22.2 Å². The van der Waals surface area contributed by atoms with Gasteiger partial charge in [-0.2, -0.15) is 0 Å². The van der Waals surface area contributed by atoms with Gasteiger partial charge in [0.25, 0.3) is 0 Å². The highest BCUT2D eigenvalue weighted by Crippen LogP contribution is 2.57. The molecule has 0 aliphatic heterocycles. The van der Waals surface area contributed by atoms with Crippen molar-refractivity contribution in [3.8, 4) is 0 Å². The van der Waals surface area contributed by atoms with Crippen LogP contribution in [0.2, 0.25) is 39.3 Å². The second-order valence-electron chi connectivity index (χ2n) is 7.46. The molecule has 0 spiro atoms. The maximum atomic E-state index is 12.9. The summed E-state index contributed by atoms with van der Waals surface area (Å²) in [6.07, 6.45) is 0. The molecule has 0 saturated carbocycles. The minimum Gasteiger partial charge on any atom is -0.346 e. The summed E-state index contributed by atoms with van der Waals surface area (Å²) in [6.45, 7) is 16.7. The lowest BCUT2D eigenvalue weighted by atomic mass is 10.00. The number of hydrogen-bond acceptors (Lipinski definition) is 4. The van der Waals surface area contributed by atoms with E-state index in [2.05, 4.69) is 0 Å². The molecule has 0 saturated heterocycles. The number of rotatable bonds is 5. The molecule has 0 unspecified atom stereocenters. The number of carbonyl (C=O) groups is 1. The Bertz CT molecular complexity index is 341. The summed E-state index contributed by atoms with van der Waals surface area (Å²) in [5.74, 6) is 0. The zero-order valence-corrected chi connectivity index (χ0v) is 16.0. The van der Waals surface area contributed by atoms with Crippen LogP contribution < -0.4 is 0 Å². The van der Waals surface area contributed by atoms with Gasteiger partial charge in [0.2, 0.25) is 5.52 Å². The van der Waals surface area contributed by atoms with Crippen molar-refractivity contribution in [2.24, 2.45) is 5.41 Å². The van der Waals surface area contributed by atoms with Gasteiger partial charge >= 0.3 is 7.60 Å². The molecule has 0 aromatic rings. The first-order chi connectivity index (χ1) is 7.57. The lowest BCUT2D eigenvalue weighted by Crippen LogP contribution is -2.35. The van der Waals surface area contributed by atoms with E-state index >= 15 is 0 Å². The lowest BCUT2D eigenvalue weighted by Gasteiger charge is -2.33. The van der Waals surface area contributed by atoms with Crippen LogP contribution in [0.1, 0.15) is 20.8 Å². The van der Waals surface area contributed by atoms with Gasteiger partial charge in [0.05, 0.1) is 0 Å². The lowest BCUT2D eigenvalue weighted by molar-refractivity contribution is -0.119. The molecule has 0 aliphatic rings. The average Bonchev–Trinajstić information content (AvgIpc) is 1.92. The van der Waals surface area contributed by atoms with E-state index in [-0.39, 0.29) is 0 Å². The third kappa shape index (κ3) is 6.43. The Morgan fingerprint density at radius 1 is 0.889 bits per heavy atom. The molecule has 0 fully saturated rings. The van der Waals surface area contributed by atoms with Gasteiger partial charge in [0, 0.05) is 5.41 Å². The van der Waals surface area contributed by atoms with Gasteiger partial charge < -0.3 is 8.43 Å². The monoisotopic (exact) mass is 310 g/mol. The molecule has 0 bridgehead atoms. The predicted molar refractivity (Wildman–Crippen MR) is 80.9 cm³/mol. The minimum atomic E-state index is -3.69. The van der Waals surface area contributed by atoms with E-state index in [4.69, 9.17) is 8.43 Å². The molecule has 0 amide bonds. The molecule has 108 valence electrons. The van der Waals surface area contributed by atoms with Crippen molar-refractivity contribution in [2.45, 2.75) is 60.1 Å². The largest absolute Gasteiger partial charge is 0.378 e. The molecule has 0 heterocycles. The molecule has 0 N–H and O–H groups in total. The van der Waals surface area contributed by atoms with Crippen molar-refractivity contribution in [1.82, 2.24) is 0 Å². The number of hydrogen-bond donors (Lipinski definition) is 0. The Morgan fingerprint density at radius 3 is 1.33 bits per heavy atom. The molecule has 0 aliphatic carbocycles. The summed E-state index contributed by atoms with van der Waals surface area (Å²) in [4.78, 5) is 12.4. The quantitative estimate of drug-likeness (QED) is 0.556. The summed E-state index contributed by atoms with van der Waals surface area (Å²) in [5.41, 5.74) is -1.14. The normalized spacial score (nSPS) is 14.7. The van der Waals surface area contributed by atoms with Crippen molar-refractivity contribution in [3.63, 3.8) is 0 Å². The van der Waals surface area contributed by atoms with E-state index in [0.717, 1.165) is 0 Å². The van der Waals surface area contributed by atoms with Crippen molar-refractivity contribution >= 4 is 29.8 Å². The number of carbonyl (C=O) groups excluding carboxylic acids is 1. The zero-order chi connectivity index (χ0) is 15.0. The highest BCUT2D eigenvalue weighted by Gasteiger charge is 2.47. The second kappa shape index (κ2) is 5.33. The molecule has 0 radical (unpaired) electrons. The first-order valence-electron chi connectivity index (χ1n) is 6.13. The van der Waals surface area contributed by atoms with E-state index in [1.807, 2.05) is 39.3 Å². The van der Waals surface area contributed by atoms with Crippen LogP contribution in [0.3, 0.4) is 0 Å². The highest BCUT2D eigenvalue weighted by molar-refractivity contribution is 7.74. The van der Waals surface area contributed by atoms with Gasteiger partial charge in [-0.1, -0.05) is 20.8 Å². The van der Waals surface area contributed by atoms with Gasteiger partial charge in [-0.15, -0.1) is 0 Å². The van der Waals surface area contributed by atoms with Gasteiger partial charge in [-0.3, -0.25) is 9.36 Å². The van der Waals surface area contributed by atoms with Gasteiger partial charge in [0.15, 0.2) is 16.6 Å². The Labute approximate surface area is 113 Å². The molecule has 0 atom stereocenters. The molecule has 0 aromatic heterocycles. The van der Waals surface area contributed by atoms with Crippen molar-refractivity contribution in [2.75, 3.05) is 0 Å². The van der Waals surface area contributed by atoms with Crippen LogP contribution >= 0.6 is 7.60 Å². The van der Waals surface area contributed by atoms with Crippen molar-refractivity contribution < 1.29 is 17.8 Å². The van der Waals surface area contributed by atoms with E-state index < -0.39 is 35.2 Å². The average molecular weight is 310 g/mol. The third-order valence-electron chi connectivity index (χ3n) is 1.68. The van der Waals surface area contributed by atoms with Gasteiger partial charge in [0.1, 0.15) is 0 Å². The highest BCUT2D eigenvalue weighted by atomic mass is 31.2. The molecular weight excluding hydrogens is 283 g/mol. The zero-order valence-electron chi connectivity index (χ0n) is 13.1. The predicted octanol–water partition coefficient (Wildman–Crippen LogP) is 4.46. The molecular formula is C11H27O4PSi2. The fourth-order valence-corrected chi connectivity index (χ4v) is 8.97. The fourth-order valence-electron chi connectivity index (χ4n) is 1.23. The molecule has 7 heteroatoms. The van der Waals surface area contributed by atoms with Crippen molar-refractivity contribution in [3.05, 3.63) is 0 Å². The van der Waals surface area contributed by atoms with Gasteiger partial charge in [-0.05, 0) is 39.3 Å². The Balaban J connectivity index is 5.45. The van der Waals surface area contributed by atoms with E-state index in [1.54, 1.807) is 20.8 Å². The Hall–Kier alpha value is 0.254. The van der Waals surface area contributed by atoms with Gasteiger partial charge in [-0.25, -0.2) is 0 Å². The third-order valence-corrected chi connectivity index (χ3v) is 9.15. The first kappa shape index (κ1) is 18.3. The van der Waals surface area contributed by atoms with Crippen LogP contribution in [0.5, 0.6) is 0 Å². The van der Waals surface area contributed by atoms with Crippen LogP contribution in [0.15, 0.2) is 0 Å². The first-order valence-corrected chi connectivity index (χ1v) is 14.5. The smallest absolute Gasteiger partial charge is 0.346 e. The summed E-state index contributed by atoms with van der Waals surface area (Å²) < 4.78 is 24.2. The van der Waals surface area contributed by atoms with E-state index in [9.17, 15) is 9.36 Å². The Kier molecular flexibility index (Phi) is 5.40. The van der Waals surface area contributed by atoms with E-state index in [0.29, 0.717) is 0 Å². The summed E-state index contributed by atoms with van der Waals surface area (Å²) in [5, 5.41) is 0. The summed E-state index contributed by atoms with van der Waals surface area (Å²) >= 11 is 0. The van der Waals surface area contributed by atoms with Crippen LogP contribution in [0.25, 0.3) is 0 Å². The molecule has 0 rings (SSSR count). The van der Waals surface area contributed by atoms with Crippen molar-refractivity contribution in [1.29, 1.82) is 0 Å². The molecule has 0 aromatic carbocycles. The second-order valence-corrected chi connectivity index (χ2v) is 18.8. The molecule has 18 heavy (non-hydrogen) atoms. The SMILES string of the molecule is CC(C)(C)C(=O)P(=O)(O[Si](C)(C)C)O[Si](C)(C)C. The fraction of sp³-hybridized carbons (Fsp3) is 0.909. The standard InChI is InChI=1S/C11H27O4PSi2/c1-11(2,3)10(12)16(13,14-17(4,5)6)15-18(7,8)9/h1-9H3. The van der Waals surface area contributed by atoms with Crippen LogP contribution in [0.4, 0.5) is 0 Å². The Morgan fingerprint density at radius 2 is 1.17 bits per heavy atom. The molecule has 4 nitrogen and oxygen atoms in total. The summed E-state index contributed by atoms with van der Waals surface area (Å²) in [6, 6.07) is 0. The maximum Gasteiger partial charge on any atom is 0.378 e. The van der Waals surface area contributed by atoms with Crippen LogP contribution in [0, 0.1) is 5.41 Å². The minimum absolute atomic E-state index is 0.417. The van der Waals surface area contributed by atoms with Crippen LogP contribution in [-0.2, 0) is 17.8 Å². The summed E-state index contributed by atoms with van der Waals surface area (Å²) in [7, 11) is -7.93. The maximum absolute atomic E-state index is 12.9. The van der Waals surface area contributed by atoms with E-state index in [1.165, 1.54) is 0 Å². The topological polar surface area (TPSA) is 52.6 Å².